The summed E-state index contributed by atoms with van der Waals surface area (Å²) in [5, 5.41) is 11.2. The third-order valence-electron chi connectivity index (χ3n) is 2.01. The Morgan fingerprint density at radius 2 is 2.37 bits per heavy atom. The average molecular weight is 262 g/mol. The Balaban J connectivity index is 2.57. The van der Waals surface area contributed by atoms with E-state index in [4.69, 9.17) is 9.84 Å². The lowest BCUT2D eigenvalue weighted by molar-refractivity contribution is 0.147. The molecule has 1 aromatic rings. The van der Waals surface area contributed by atoms with E-state index in [9.17, 15) is 4.79 Å². The van der Waals surface area contributed by atoms with Crippen LogP contribution in [-0.4, -0.2) is 29.4 Å². The van der Waals surface area contributed by atoms with Crippen molar-refractivity contribution < 1.29 is 14.6 Å². The molecule has 0 aliphatic carbocycles. The molecule has 0 atom stereocenters. The number of nitrogens with zero attached hydrogens (tertiary/aromatic N) is 1. The number of nitrogens with one attached hydrogen (secondary N) is 1. The predicted octanol–water partition coefficient (Wildman–Crippen LogP) is 2.02. The number of carbonyl (C=O) groups excluding carboxylic acids is 1. The normalized spacial score (nSPS) is 9.68. The van der Waals surface area contributed by atoms with Crippen molar-refractivity contribution in [2.45, 2.75) is 20.3 Å². The van der Waals surface area contributed by atoms with E-state index in [1.807, 2.05) is 13.8 Å². The van der Waals surface area contributed by atoms with Gasteiger partial charge in [0.2, 0.25) is 0 Å². The zero-order valence-corrected chi connectivity index (χ0v) is 11.1. The molecule has 0 aromatic carbocycles. The molecule has 0 bridgehead atoms. The summed E-state index contributed by atoms with van der Waals surface area (Å²) in [5.41, 5.74) is 0.725. The van der Waals surface area contributed by atoms with E-state index >= 15 is 0 Å². The maximum Gasteiger partial charge on any atom is 0.412 e. The molecule has 1 amide bonds. The van der Waals surface area contributed by atoms with Crippen LogP contribution in [0.2, 0.25) is 0 Å². The van der Waals surface area contributed by atoms with Gasteiger partial charge in [0.25, 0.3) is 0 Å². The van der Waals surface area contributed by atoms with Crippen LogP contribution in [0.15, 0.2) is 18.3 Å². The van der Waals surface area contributed by atoms with Gasteiger partial charge in [-0.1, -0.05) is 25.7 Å². The molecule has 0 aliphatic heterocycles. The lowest BCUT2D eigenvalue weighted by atomic mass is 10.2. The Labute approximate surface area is 113 Å². The highest BCUT2D eigenvalue weighted by molar-refractivity contribution is 5.83. The minimum absolute atomic E-state index is 0.0325. The molecule has 2 N–H and O–H groups in total. The first-order valence-electron chi connectivity index (χ1n) is 6.11. The summed E-state index contributed by atoms with van der Waals surface area (Å²) in [4.78, 5) is 15.5. The second kappa shape index (κ2) is 8.11. The van der Waals surface area contributed by atoms with Crippen molar-refractivity contribution in [1.29, 1.82) is 0 Å². The summed E-state index contributed by atoms with van der Waals surface area (Å²) >= 11 is 0. The average Bonchev–Trinajstić information content (AvgIpc) is 2.37. The highest BCUT2D eigenvalue weighted by Crippen LogP contribution is 2.06. The van der Waals surface area contributed by atoms with Gasteiger partial charge in [0.1, 0.15) is 5.82 Å². The smallest absolute Gasteiger partial charge is 0.412 e. The van der Waals surface area contributed by atoms with Crippen molar-refractivity contribution in [3.63, 3.8) is 0 Å². The molecule has 1 aromatic heterocycles. The zero-order valence-electron chi connectivity index (χ0n) is 11.1. The molecule has 102 valence electrons. The van der Waals surface area contributed by atoms with Crippen LogP contribution in [0, 0.1) is 17.8 Å². The van der Waals surface area contributed by atoms with Gasteiger partial charge < -0.3 is 9.84 Å². The van der Waals surface area contributed by atoms with E-state index in [2.05, 4.69) is 22.1 Å². The molecular weight excluding hydrogens is 244 g/mol. The Hall–Kier alpha value is -2.06. The fourth-order valence-electron chi connectivity index (χ4n) is 1.18. The van der Waals surface area contributed by atoms with Crippen LogP contribution in [0.5, 0.6) is 0 Å². The molecule has 19 heavy (non-hydrogen) atoms. The van der Waals surface area contributed by atoms with Crippen LogP contribution in [0.1, 0.15) is 25.8 Å². The highest BCUT2D eigenvalue weighted by atomic mass is 16.5. The summed E-state index contributed by atoms with van der Waals surface area (Å²) in [5.74, 6) is 6.35. The monoisotopic (exact) mass is 262 g/mol. The van der Waals surface area contributed by atoms with Gasteiger partial charge in [-0.3, -0.25) is 5.32 Å². The Kier molecular flexibility index (Phi) is 6.41. The molecule has 0 fully saturated rings. The first-order valence-corrected chi connectivity index (χ1v) is 6.11. The standard InChI is InChI=1S/C14H18N2O3/c1-11(2)10-19-14(18)16-13-9-12(6-7-15-13)5-3-4-8-17/h6-7,9,11,17H,4,8,10H2,1-2H3,(H,15,16,18). The van der Waals surface area contributed by atoms with Crippen molar-refractivity contribution in [3.8, 4) is 11.8 Å². The quantitative estimate of drug-likeness (QED) is 0.814. The zero-order chi connectivity index (χ0) is 14.1. The number of hydrogen-bond donors (Lipinski definition) is 2. The first-order chi connectivity index (χ1) is 9.11. The molecule has 0 saturated heterocycles. The van der Waals surface area contributed by atoms with Crippen LogP contribution >= 0.6 is 0 Å². The molecular formula is C14H18N2O3. The molecule has 1 rings (SSSR count). The van der Waals surface area contributed by atoms with Crippen molar-refractivity contribution in [1.82, 2.24) is 4.98 Å². The van der Waals surface area contributed by atoms with E-state index in [1.54, 1.807) is 18.3 Å². The molecule has 1 heterocycles. The van der Waals surface area contributed by atoms with Gasteiger partial charge in [0, 0.05) is 18.2 Å². The Morgan fingerprint density at radius 3 is 3.05 bits per heavy atom. The SMILES string of the molecule is CC(C)COC(=O)Nc1cc(C#CCCO)ccn1. The van der Waals surface area contributed by atoms with Gasteiger partial charge in [-0.25, -0.2) is 9.78 Å². The number of ether oxygens (including phenoxy) is 1. The Morgan fingerprint density at radius 1 is 1.58 bits per heavy atom. The number of rotatable bonds is 4. The molecule has 0 unspecified atom stereocenters. The molecule has 5 heteroatoms. The van der Waals surface area contributed by atoms with Gasteiger partial charge >= 0.3 is 6.09 Å². The summed E-state index contributed by atoms with van der Waals surface area (Å²) in [6.45, 7) is 4.32. The number of hydrogen-bond acceptors (Lipinski definition) is 4. The number of aliphatic hydroxyl groups is 1. The number of amides is 1. The number of aliphatic hydroxyl groups excluding tert-OH is 1. The fourth-order valence-corrected chi connectivity index (χ4v) is 1.18. The number of anilines is 1. The molecule has 0 aliphatic rings. The number of pyridine rings is 1. The van der Waals surface area contributed by atoms with Crippen molar-refractivity contribution in [2.75, 3.05) is 18.5 Å². The van der Waals surface area contributed by atoms with Gasteiger partial charge in [-0.05, 0) is 18.1 Å². The first kappa shape index (κ1) is 15.0. The molecule has 5 nitrogen and oxygen atoms in total. The topological polar surface area (TPSA) is 71.5 Å². The summed E-state index contributed by atoms with van der Waals surface area (Å²) in [6, 6.07) is 3.38. The van der Waals surface area contributed by atoms with Gasteiger partial charge in [0.15, 0.2) is 0 Å². The van der Waals surface area contributed by atoms with Gasteiger partial charge in [-0.15, -0.1) is 0 Å². The predicted molar refractivity (Wildman–Crippen MR) is 72.6 cm³/mol. The minimum atomic E-state index is -0.526. The van der Waals surface area contributed by atoms with Crippen LogP contribution in [-0.2, 0) is 4.74 Å². The number of aromatic nitrogens is 1. The largest absolute Gasteiger partial charge is 0.449 e. The van der Waals surface area contributed by atoms with E-state index in [1.165, 1.54) is 0 Å². The van der Waals surface area contributed by atoms with E-state index in [0.717, 1.165) is 5.56 Å². The summed E-state index contributed by atoms with van der Waals surface area (Å²) in [6.07, 6.45) is 1.45. The van der Waals surface area contributed by atoms with Gasteiger partial charge in [-0.2, -0.15) is 0 Å². The maximum atomic E-state index is 11.4. The van der Waals surface area contributed by atoms with E-state index in [-0.39, 0.29) is 12.5 Å². The highest BCUT2D eigenvalue weighted by Gasteiger charge is 2.05. The fraction of sp³-hybridized carbons (Fsp3) is 0.429. The van der Waals surface area contributed by atoms with Crippen molar-refractivity contribution in [3.05, 3.63) is 23.9 Å². The van der Waals surface area contributed by atoms with E-state index in [0.29, 0.717) is 18.8 Å². The minimum Gasteiger partial charge on any atom is -0.449 e. The third-order valence-corrected chi connectivity index (χ3v) is 2.01. The summed E-state index contributed by atoms with van der Waals surface area (Å²) < 4.78 is 4.99. The second-order valence-electron chi connectivity index (χ2n) is 4.32. The Bertz CT molecular complexity index is 475. The van der Waals surface area contributed by atoms with Crippen LogP contribution in [0.3, 0.4) is 0 Å². The van der Waals surface area contributed by atoms with E-state index < -0.39 is 6.09 Å². The second-order valence-corrected chi connectivity index (χ2v) is 4.32. The summed E-state index contributed by atoms with van der Waals surface area (Å²) in [7, 11) is 0. The van der Waals surface area contributed by atoms with Crippen LogP contribution in [0.4, 0.5) is 10.6 Å². The van der Waals surface area contributed by atoms with Crippen molar-refractivity contribution in [2.24, 2.45) is 5.92 Å². The molecule has 0 saturated carbocycles. The maximum absolute atomic E-state index is 11.4. The third kappa shape index (κ3) is 6.43. The molecule has 0 spiro atoms. The molecule has 0 radical (unpaired) electrons. The van der Waals surface area contributed by atoms with Gasteiger partial charge in [0.05, 0.1) is 13.2 Å². The lowest BCUT2D eigenvalue weighted by Crippen LogP contribution is -2.17. The van der Waals surface area contributed by atoms with Crippen molar-refractivity contribution >= 4 is 11.9 Å². The lowest BCUT2D eigenvalue weighted by Gasteiger charge is -2.08. The number of carbonyl (C=O) groups is 1. The van der Waals surface area contributed by atoms with Crippen LogP contribution in [0.25, 0.3) is 0 Å². The van der Waals surface area contributed by atoms with Crippen LogP contribution < -0.4 is 5.32 Å².